The predicted molar refractivity (Wildman–Crippen MR) is 113 cm³/mol. The van der Waals surface area contributed by atoms with Gasteiger partial charge >= 0.3 is 0 Å². The molecule has 1 unspecified atom stereocenters. The molecule has 2 heterocycles. The zero-order valence-corrected chi connectivity index (χ0v) is 17.4. The van der Waals surface area contributed by atoms with Crippen LogP contribution in [0.2, 0.25) is 0 Å². The summed E-state index contributed by atoms with van der Waals surface area (Å²) in [6.45, 7) is 5.58. The molecule has 1 atom stereocenters. The number of nitrogens with one attached hydrogen (secondary N) is 1. The molecule has 0 bridgehead atoms. The first-order chi connectivity index (χ1) is 13.1. The van der Waals surface area contributed by atoms with Gasteiger partial charge in [-0.05, 0) is 31.0 Å². The van der Waals surface area contributed by atoms with Gasteiger partial charge in [0.05, 0.1) is 19.3 Å². The van der Waals surface area contributed by atoms with Crippen molar-refractivity contribution >= 4 is 22.4 Å². The zero-order valence-electron chi connectivity index (χ0n) is 16.6. The molecule has 0 radical (unpaired) electrons. The molecule has 0 amide bonds. The van der Waals surface area contributed by atoms with Gasteiger partial charge in [-0.15, -0.1) is 11.3 Å². The third kappa shape index (κ3) is 4.91. The number of hydrogen-bond acceptors (Lipinski definition) is 5. The summed E-state index contributed by atoms with van der Waals surface area (Å²) >= 11 is 1.66. The summed E-state index contributed by atoms with van der Waals surface area (Å²) < 4.78 is 5.27. The van der Waals surface area contributed by atoms with Gasteiger partial charge in [-0.3, -0.25) is 0 Å². The molecule has 7 heteroatoms. The van der Waals surface area contributed by atoms with Gasteiger partial charge in [-0.2, -0.15) is 0 Å². The summed E-state index contributed by atoms with van der Waals surface area (Å²) in [5.74, 6) is 2.41. The van der Waals surface area contributed by atoms with Crippen LogP contribution in [0.15, 0.2) is 34.6 Å². The van der Waals surface area contributed by atoms with Crippen LogP contribution in [-0.2, 0) is 6.54 Å². The van der Waals surface area contributed by atoms with Crippen molar-refractivity contribution in [3.63, 3.8) is 0 Å². The number of nitrogens with zero attached hydrogens (tertiary/aromatic N) is 4. The Labute approximate surface area is 165 Å². The van der Waals surface area contributed by atoms with Crippen LogP contribution in [0.25, 0.3) is 0 Å². The van der Waals surface area contributed by atoms with E-state index in [1.807, 2.05) is 31.1 Å². The minimum absolute atomic E-state index is 0.527. The number of rotatable bonds is 6. The van der Waals surface area contributed by atoms with Gasteiger partial charge in [-0.1, -0.05) is 12.1 Å². The molecule has 2 aromatic rings. The lowest BCUT2D eigenvalue weighted by molar-refractivity contribution is 0.414. The highest BCUT2D eigenvalue weighted by Gasteiger charge is 2.26. The Morgan fingerprint density at radius 1 is 1.37 bits per heavy atom. The molecule has 1 fully saturated rings. The van der Waals surface area contributed by atoms with Gasteiger partial charge in [0, 0.05) is 45.0 Å². The Morgan fingerprint density at radius 3 is 2.78 bits per heavy atom. The van der Waals surface area contributed by atoms with Crippen LogP contribution in [0.1, 0.15) is 30.5 Å². The number of anilines is 1. The number of methoxy groups -OCH3 is 1. The second-order valence-electron chi connectivity index (χ2n) is 6.89. The first-order valence-electron chi connectivity index (χ1n) is 9.39. The van der Waals surface area contributed by atoms with E-state index in [9.17, 15) is 0 Å². The van der Waals surface area contributed by atoms with E-state index in [1.165, 1.54) is 5.56 Å². The molecule has 1 saturated heterocycles. The van der Waals surface area contributed by atoms with E-state index in [4.69, 9.17) is 9.73 Å². The maximum absolute atomic E-state index is 5.27. The maximum atomic E-state index is 5.27. The average molecular weight is 388 g/mol. The summed E-state index contributed by atoms with van der Waals surface area (Å²) in [5.41, 5.74) is 2.38. The van der Waals surface area contributed by atoms with E-state index < -0.39 is 0 Å². The van der Waals surface area contributed by atoms with Crippen molar-refractivity contribution in [3.8, 4) is 5.75 Å². The first-order valence-corrected chi connectivity index (χ1v) is 10.3. The Bertz CT molecular complexity index is 756. The van der Waals surface area contributed by atoms with Crippen molar-refractivity contribution in [1.82, 2.24) is 15.2 Å². The van der Waals surface area contributed by atoms with E-state index >= 15 is 0 Å². The number of aromatic nitrogens is 1. The second kappa shape index (κ2) is 9.08. The molecule has 1 aliphatic rings. The minimum Gasteiger partial charge on any atom is -0.497 e. The summed E-state index contributed by atoms with van der Waals surface area (Å²) in [7, 11) is 5.73. The highest BCUT2D eigenvalue weighted by molar-refractivity contribution is 7.13. The van der Waals surface area contributed by atoms with E-state index in [2.05, 4.69) is 39.6 Å². The molecular weight excluding hydrogens is 358 g/mol. The molecule has 1 N–H and O–H groups in total. The maximum Gasteiger partial charge on any atom is 0.194 e. The normalized spacial score (nSPS) is 17.3. The Kier molecular flexibility index (Phi) is 6.55. The van der Waals surface area contributed by atoms with Crippen molar-refractivity contribution in [3.05, 3.63) is 40.9 Å². The lowest BCUT2D eigenvalue weighted by atomic mass is 9.98. The number of ether oxygens (including phenoxy) is 1. The lowest BCUT2D eigenvalue weighted by Gasteiger charge is -2.21. The molecule has 0 saturated carbocycles. The minimum atomic E-state index is 0.527. The number of guanidine groups is 1. The van der Waals surface area contributed by atoms with Crippen LogP contribution in [-0.4, -0.2) is 56.7 Å². The van der Waals surface area contributed by atoms with E-state index in [1.54, 1.807) is 18.4 Å². The van der Waals surface area contributed by atoms with Crippen LogP contribution in [0, 0.1) is 0 Å². The standard InChI is InChI=1S/C20H29N5OS/c1-5-21-19(22-12-17-14-27-20(23-17)24(2)3)25-11-10-16(13-25)15-6-8-18(26-4)9-7-15/h6-9,14,16H,5,10-13H2,1-4H3,(H,21,22). The first kappa shape index (κ1) is 19.5. The molecular formula is C20H29N5OS. The topological polar surface area (TPSA) is 53.0 Å². The quantitative estimate of drug-likeness (QED) is 0.609. The smallest absolute Gasteiger partial charge is 0.194 e. The molecule has 0 spiro atoms. The largest absolute Gasteiger partial charge is 0.497 e. The van der Waals surface area contributed by atoms with Crippen LogP contribution in [0.5, 0.6) is 5.75 Å². The van der Waals surface area contributed by atoms with E-state index in [0.717, 1.165) is 48.6 Å². The van der Waals surface area contributed by atoms with E-state index in [-0.39, 0.29) is 0 Å². The van der Waals surface area contributed by atoms with E-state index in [0.29, 0.717) is 12.5 Å². The number of benzene rings is 1. The van der Waals surface area contributed by atoms with Crippen molar-refractivity contribution in [2.24, 2.45) is 4.99 Å². The fourth-order valence-electron chi connectivity index (χ4n) is 3.26. The van der Waals surface area contributed by atoms with Crippen molar-refractivity contribution in [2.75, 3.05) is 45.7 Å². The monoisotopic (exact) mass is 387 g/mol. The average Bonchev–Trinajstić information content (AvgIpc) is 3.35. The fraction of sp³-hybridized carbons (Fsp3) is 0.500. The van der Waals surface area contributed by atoms with Crippen LogP contribution >= 0.6 is 11.3 Å². The van der Waals surface area contributed by atoms with Crippen molar-refractivity contribution in [2.45, 2.75) is 25.8 Å². The molecule has 1 aromatic carbocycles. The van der Waals surface area contributed by atoms with Gasteiger partial charge in [0.2, 0.25) is 0 Å². The van der Waals surface area contributed by atoms with Crippen LogP contribution in [0.3, 0.4) is 0 Å². The van der Waals surface area contributed by atoms with Gasteiger partial charge < -0.3 is 19.9 Å². The van der Waals surface area contributed by atoms with Crippen molar-refractivity contribution in [1.29, 1.82) is 0 Å². The summed E-state index contributed by atoms with van der Waals surface area (Å²) in [6.07, 6.45) is 1.14. The Hall–Kier alpha value is -2.28. The molecule has 6 nitrogen and oxygen atoms in total. The van der Waals surface area contributed by atoms with Gasteiger partial charge in [0.15, 0.2) is 11.1 Å². The number of thiazole rings is 1. The van der Waals surface area contributed by atoms with Crippen LogP contribution < -0.4 is 15.0 Å². The predicted octanol–water partition coefficient (Wildman–Crippen LogP) is 3.17. The third-order valence-corrected chi connectivity index (χ3v) is 5.78. The highest BCUT2D eigenvalue weighted by Crippen LogP contribution is 2.28. The summed E-state index contributed by atoms with van der Waals surface area (Å²) in [5, 5.41) is 6.54. The highest BCUT2D eigenvalue weighted by atomic mass is 32.1. The number of likely N-dealkylation sites (tertiary alicyclic amines) is 1. The molecule has 0 aliphatic carbocycles. The fourth-order valence-corrected chi connectivity index (χ4v) is 4.01. The molecule has 146 valence electrons. The lowest BCUT2D eigenvalue weighted by Crippen LogP contribution is -2.40. The summed E-state index contributed by atoms with van der Waals surface area (Å²) in [6, 6.07) is 8.44. The molecule has 1 aliphatic heterocycles. The Balaban J connectivity index is 1.65. The summed E-state index contributed by atoms with van der Waals surface area (Å²) in [4.78, 5) is 13.8. The van der Waals surface area contributed by atoms with Crippen LogP contribution in [0.4, 0.5) is 5.13 Å². The van der Waals surface area contributed by atoms with Gasteiger partial charge in [-0.25, -0.2) is 9.98 Å². The SMILES string of the molecule is CCNC(=NCc1csc(N(C)C)n1)N1CCC(c2ccc(OC)cc2)C1. The van der Waals surface area contributed by atoms with Crippen molar-refractivity contribution < 1.29 is 4.74 Å². The Morgan fingerprint density at radius 2 is 2.15 bits per heavy atom. The second-order valence-corrected chi connectivity index (χ2v) is 7.73. The zero-order chi connectivity index (χ0) is 19.2. The van der Waals surface area contributed by atoms with Gasteiger partial charge in [0.1, 0.15) is 5.75 Å². The molecule has 27 heavy (non-hydrogen) atoms. The number of aliphatic imine (C=N–C) groups is 1. The number of hydrogen-bond donors (Lipinski definition) is 1. The molecule has 3 rings (SSSR count). The molecule has 1 aromatic heterocycles. The van der Waals surface area contributed by atoms with Gasteiger partial charge in [0.25, 0.3) is 0 Å². The third-order valence-electron chi connectivity index (χ3n) is 4.72.